The maximum Gasteiger partial charge on any atom is 0.165 e. The average Bonchev–Trinajstić information content (AvgIpc) is 3.00. The van der Waals surface area contributed by atoms with Gasteiger partial charge in [0.2, 0.25) is 0 Å². The Morgan fingerprint density at radius 3 is 2.57 bits per heavy atom. The van der Waals surface area contributed by atoms with Crippen LogP contribution < -0.4 is 11.3 Å². The maximum atomic E-state index is 5.50. The van der Waals surface area contributed by atoms with E-state index in [1.807, 2.05) is 50.4 Å². The molecule has 0 bridgehead atoms. The first-order valence-corrected chi connectivity index (χ1v) is 6.61. The highest BCUT2D eigenvalue weighted by Gasteiger charge is 2.11. The molecular weight excluding hydrogens is 264 g/mol. The first-order valence-electron chi connectivity index (χ1n) is 6.61. The Labute approximate surface area is 122 Å². The monoisotopic (exact) mass is 280 g/mol. The summed E-state index contributed by atoms with van der Waals surface area (Å²) < 4.78 is 1.80. The summed E-state index contributed by atoms with van der Waals surface area (Å²) in [4.78, 5) is 8.93. The zero-order valence-electron chi connectivity index (χ0n) is 11.9. The summed E-state index contributed by atoms with van der Waals surface area (Å²) in [5.41, 5.74) is 6.27. The molecule has 6 heteroatoms. The predicted molar refractivity (Wildman–Crippen MR) is 81.9 cm³/mol. The van der Waals surface area contributed by atoms with Gasteiger partial charge >= 0.3 is 0 Å². The Balaban J connectivity index is 2.03. The van der Waals surface area contributed by atoms with Gasteiger partial charge in [0, 0.05) is 17.5 Å². The zero-order valence-corrected chi connectivity index (χ0v) is 11.9. The summed E-state index contributed by atoms with van der Waals surface area (Å²) >= 11 is 0. The number of hydrogen-bond donors (Lipinski definition) is 2. The molecule has 0 saturated heterocycles. The van der Waals surface area contributed by atoms with Crippen molar-refractivity contribution >= 4 is 5.82 Å². The summed E-state index contributed by atoms with van der Waals surface area (Å²) in [6.45, 7) is 3.87. The highest BCUT2D eigenvalue weighted by Crippen LogP contribution is 2.21. The Bertz CT molecular complexity index is 763. The van der Waals surface area contributed by atoms with E-state index in [1.165, 1.54) is 0 Å². The third kappa shape index (κ3) is 2.48. The summed E-state index contributed by atoms with van der Waals surface area (Å²) in [5.74, 6) is 6.74. The molecule has 2 aromatic heterocycles. The van der Waals surface area contributed by atoms with Gasteiger partial charge in [-0.15, -0.1) is 0 Å². The number of aryl methyl sites for hydroxylation is 1. The number of para-hydroxylation sites is 1. The van der Waals surface area contributed by atoms with Crippen LogP contribution in [0.15, 0.2) is 42.7 Å². The van der Waals surface area contributed by atoms with Gasteiger partial charge in [0.1, 0.15) is 5.82 Å². The number of benzene rings is 1. The second-order valence-corrected chi connectivity index (χ2v) is 4.76. The number of nitrogen functional groups attached to an aromatic ring is 1. The van der Waals surface area contributed by atoms with E-state index in [1.54, 1.807) is 10.9 Å². The molecule has 6 nitrogen and oxygen atoms in total. The fraction of sp³-hybridized carbons (Fsp3) is 0.133. The Hall–Kier alpha value is -2.73. The van der Waals surface area contributed by atoms with Crippen molar-refractivity contribution in [2.45, 2.75) is 13.8 Å². The quantitative estimate of drug-likeness (QED) is 0.568. The molecule has 2 heterocycles. The molecule has 0 amide bonds. The van der Waals surface area contributed by atoms with E-state index >= 15 is 0 Å². The molecule has 0 saturated carbocycles. The minimum Gasteiger partial charge on any atom is -0.308 e. The molecule has 0 atom stereocenters. The van der Waals surface area contributed by atoms with Crippen molar-refractivity contribution in [1.82, 2.24) is 19.7 Å². The molecule has 3 rings (SSSR count). The number of hydrogen-bond acceptors (Lipinski definition) is 5. The number of nitrogens with zero attached hydrogens (tertiary/aromatic N) is 4. The second kappa shape index (κ2) is 5.34. The summed E-state index contributed by atoms with van der Waals surface area (Å²) in [5, 5.41) is 4.36. The van der Waals surface area contributed by atoms with E-state index in [2.05, 4.69) is 20.5 Å². The van der Waals surface area contributed by atoms with Crippen molar-refractivity contribution < 1.29 is 0 Å². The lowest BCUT2D eigenvalue weighted by atomic mass is 10.2. The van der Waals surface area contributed by atoms with Gasteiger partial charge < -0.3 is 5.43 Å². The molecule has 3 N–H and O–H groups in total. The minimum absolute atomic E-state index is 0.605. The van der Waals surface area contributed by atoms with Crippen molar-refractivity contribution in [3.8, 4) is 17.1 Å². The van der Waals surface area contributed by atoms with E-state index in [9.17, 15) is 0 Å². The first-order chi connectivity index (χ1) is 10.2. The van der Waals surface area contributed by atoms with Gasteiger partial charge in [-0.1, -0.05) is 18.2 Å². The van der Waals surface area contributed by atoms with Gasteiger partial charge in [-0.05, 0) is 26.0 Å². The third-order valence-corrected chi connectivity index (χ3v) is 3.39. The maximum absolute atomic E-state index is 5.50. The van der Waals surface area contributed by atoms with Crippen molar-refractivity contribution in [3.63, 3.8) is 0 Å². The van der Waals surface area contributed by atoms with Gasteiger partial charge in [0.05, 0.1) is 17.4 Å². The Kier molecular flexibility index (Phi) is 3.37. The topological polar surface area (TPSA) is 81.7 Å². The fourth-order valence-corrected chi connectivity index (χ4v) is 2.06. The van der Waals surface area contributed by atoms with Crippen LogP contribution in [0.4, 0.5) is 5.82 Å². The number of rotatable bonds is 3. The van der Waals surface area contributed by atoms with E-state index in [-0.39, 0.29) is 0 Å². The van der Waals surface area contributed by atoms with E-state index in [0.717, 1.165) is 22.5 Å². The lowest BCUT2D eigenvalue weighted by Gasteiger charge is -2.08. The van der Waals surface area contributed by atoms with Crippen molar-refractivity contribution in [1.29, 1.82) is 0 Å². The molecule has 0 aliphatic heterocycles. The van der Waals surface area contributed by atoms with Crippen molar-refractivity contribution in [2.75, 3.05) is 5.43 Å². The highest BCUT2D eigenvalue weighted by atomic mass is 15.3. The first kappa shape index (κ1) is 13.3. The number of aromatic nitrogens is 4. The molecule has 21 heavy (non-hydrogen) atoms. The SMILES string of the molecule is Cc1nc(-c2cnn(-c3ccccc3)c2)nc(NN)c1C. The van der Waals surface area contributed by atoms with Crippen LogP contribution in [0.3, 0.4) is 0 Å². The predicted octanol–water partition coefficient (Wildman–Crippen LogP) is 2.23. The van der Waals surface area contributed by atoms with E-state index in [0.29, 0.717) is 11.6 Å². The molecule has 0 aliphatic rings. The molecule has 3 aromatic rings. The number of hydrazine groups is 1. The van der Waals surface area contributed by atoms with Crippen molar-refractivity contribution in [3.05, 3.63) is 54.0 Å². The van der Waals surface area contributed by atoms with E-state index in [4.69, 9.17) is 5.84 Å². The number of nitrogens with one attached hydrogen (secondary N) is 1. The molecular formula is C15H16N6. The standard InChI is InChI=1S/C15H16N6/c1-10-11(2)18-15(19-14(10)20-16)12-8-17-21(9-12)13-6-4-3-5-7-13/h3-9H,16H2,1-2H3,(H,18,19,20). The third-order valence-electron chi connectivity index (χ3n) is 3.39. The number of anilines is 1. The van der Waals surface area contributed by atoms with Gasteiger partial charge in [-0.25, -0.2) is 20.5 Å². The number of nitrogens with two attached hydrogens (primary N) is 1. The molecule has 0 radical (unpaired) electrons. The molecule has 0 aliphatic carbocycles. The normalized spacial score (nSPS) is 10.6. The zero-order chi connectivity index (χ0) is 14.8. The largest absolute Gasteiger partial charge is 0.308 e. The van der Waals surface area contributed by atoms with Crippen LogP contribution in [0.2, 0.25) is 0 Å². The van der Waals surface area contributed by atoms with Crippen molar-refractivity contribution in [2.24, 2.45) is 5.84 Å². The van der Waals surface area contributed by atoms with Crippen LogP contribution in [0.5, 0.6) is 0 Å². The average molecular weight is 280 g/mol. The van der Waals surface area contributed by atoms with E-state index < -0.39 is 0 Å². The smallest absolute Gasteiger partial charge is 0.165 e. The molecule has 106 valence electrons. The van der Waals surface area contributed by atoms with Crippen LogP contribution in [0.25, 0.3) is 17.1 Å². The van der Waals surface area contributed by atoms with Crippen LogP contribution in [-0.2, 0) is 0 Å². The Morgan fingerprint density at radius 2 is 1.86 bits per heavy atom. The second-order valence-electron chi connectivity index (χ2n) is 4.76. The van der Waals surface area contributed by atoms with Crippen LogP contribution in [-0.4, -0.2) is 19.7 Å². The summed E-state index contributed by atoms with van der Waals surface area (Å²) in [6.07, 6.45) is 3.65. The van der Waals surface area contributed by atoms with Crippen LogP contribution in [0, 0.1) is 13.8 Å². The summed E-state index contributed by atoms with van der Waals surface area (Å²) in [7, 11) is 0. The van der Waals surface area contributed by atoms with Crippen LogP contribution >= 0.6 is 0 Å². The van der Waals surface area contributed by atoms with Crippen LogP contribution in [0.1, 0.15) is 11.3 Å². The molecule has 1 aromatic carbocycles. The molecule has 0 unspecified atom stereocenters. The van der Waals surface area contributed by atoms with Gasteiger partial charge in [0.25, 0.3) is 0 Å². The lowest BCUT2D eigenvalue weighted by Crippen LogP contribution is -2.12. The summed E-state index contributed by atoms with van der Waals surface area (Å²) in [6, 6.07) is 9.90. The van der Waals surface area contributed by atoms with Gasteiger partial charge in [-0.3, -0.25) is 0 Å². The molecule has 0 spiro atoms. The Morgan fingerprint density at radius 1 is 1.10 bits per heavy atom. The lowest BCUT2D eigenvalue weighted by molar-refractivity contribution is 0.880. The minimum atomic E-state index is 0.605. The van der Waals surface area contributed by atoms with Gasteiger partial charge in [-0.2, -0.15) is 5.10 Å². The van der Waals surface area contributed by atoms with Gasteiger partial charge in [0.15, 0.2) is 5.82 Å². The fourth-order valence-electron chi connectivity index (χ4n) is 2.06. The highest BCUT2D eigenvalue weighted by molar-refractivity contribution is 5.58. The molecule has 0 fully saturated rings.